The van der Waals surface area contributed by atoms with Crippen LogP contribution in [0.4, 0.5) is 15.9 Å². The van der Waals surface area contributed by atoms with Crippen molar-refractivity contribution in [3.8, 4) is 0 Å². The standard InChI is InChI=1S/C11H13FN4/c1-3-9-10(7-16(2)15-9)14-11-5-4-8(12)6-13-11/h4-7H,3H2,1-2H3,(H,13,14). The molecule has 2 aromatic rings. The van der Waals surface area contributed by atoms with Gasteiger partial charge in [-0.3, -0.25) is 4.68 Å². The molecule has 2 rings (SSSR count). The maximum Gasteiger partial charge on any atom is 0.141 e. The predicted octanol–water partition coefficient (Wildman–Crippen LogP) is 2.26. The number of aryl methyl sites for hydroxylation is 2. The summed E-state index contributed by atoms with van der Waals surface area (Å²) in [6, 6.07) is 2.97. The van der Waals surface area contributed by atoms with E-state index in [1.54, 1.807) is 10.7 Å². The molecule has 84 valence electrons. The van der Waals surface area contributed by atoms with Crippen LogP contribution in [-0.4, -0.2) is 14.8 Å². The quantitative estimate of drug-likeness (QED) is 0.862. The van der Waals surface area contributed by atoms with E-state index < -0.39 is 0 Å². The summed E-state index contributed by atoms with van der Waals surface area (Å²) in [4.78, 5) is 3.94. The van der Waals surface area contributed by atoms with Gasteiger partial charge in [0.05, 0.1) is 17.6 Å². The Kier molecular flexibility index (Phi) is 2.85. The van der Waals surface area contributed by atoms with E-state index in [1.807, 2.05) is 20.2 Å². The highest BCUT2D eigenvalue weighted by Crippen LogP contribution is 2.18. The molecule has 2 aromatic heterocycles. The molecule has 2 heterocycles. The second kappa shape index (κ2) is 4.30. The third-order valence-corrected chi connectivity index (χ3v) is 2.23. The van der Waals surface area contributed by atoms with E-state index in [0.29, 0.717) is 5.82 Å². The molecule has 0 atom stereocenters. The van der Waals surface area contributed by atoms with Crippen LogP contribution in [0.5, 0.6) is 0 Å². The molecule has 0 aromatic carbocycles. The topological polar surface area (TPSA) is 42.7 Å². The first-order valence-electron chi connectivity index (χ1n) is 5.10. The minimum Gasteiger partial charge on any atom is -0.337 e. The fourth-order valence-corrected chi connectivity index (χ4v) is 1.49. The van der Waals surface area contributed by atoms with E-state index in [4.69, 9.17) is 0 Å². The zero-order chi connectivity index (χ0) is 11.5. The molecule has 0 unspecified atom stereocenters. The van der Waals surface area contributed by atoms with Gasteiger partial charge in [0.1, 0.15) is 11.6 Å². The zero-order valence-corrected chi connectivity index (χ0v) is 9.24. The third kappa shape index (κ3) is 2.18. The highest BCUT2D eigenvalue weighted by molar-refractivity contribution is 5.57. The molecule has 0 aliphatic carbocycles. The Balaban J connectivity index is 2.22. The summed E-state index contributed by atoms with van der Waals surface area (Å²) in [6.45, 7) is 2.03. The van der Waals surface area contributed by atoms with Crippen LogP contribution < -0.4 is 5.32 Å². The Morgan fingerprint density at radius 1 is 1.44 bits per heavy atom. The minimum atomic E-state index is -0.340. The summed E-state index contributed by atoms with van der Waals surface area (Å²) in [6.07, 6.45) is 3.90. The second-order valence-electron chi connectivity index (χ2n) is 3.50. The molecule has 1 N–H and O–H groups in total. The molecule has 16 heavy (non-hydrogen) atoms. The van der Waals surface area contributed by atoms with Crippen molar-refractivity contribution < 1.29 is 4.39 Å². The van der Waals surface area contributed by atoms with Gasteiger partial charge in [-0.2, -0.15) is 5.10 Å². The summed E-state index contributed by atoms with van der Waals surface area (Å²) in [5, 5.41) is 7.41. The van der Waals surface area contributed by atoms with Crippen LogP contribution in [0, 0.1) is 5.82 Å². The number of nitrogens with zero attached hydrogens (tertiary/aromatic N) is 3. The molecule has 0 fully saturated rings. The minimum absolute atomic E-state index is 0.340. The number of pyridine rings is 1. The molecule has 0 amide bonds. The van der Waals surface area contributed by atoms with Gasteiger partial charge < -0.3 is 5.32 Å². The molecule has 0 saturated carbocycles. The Morgan fingerprint density at radius 3 is 2.88 bits per heavy atom. The van der Waals surface area contributed by atoms with Crippen LogP contribution in [0.1, 0.15) is 12.6 Å². The number of nitrogens with one attached hydrogen (secondary N) is 1. The SMILES string of the molecule is CCc1nn(C)cc1Nc1ccc(F)cn1. The molecule has 0 aliphatic heterocycles. The average Bonchev–Trinajstić information content (AvgIpc) is 2.62. The number of rotatable bonds is 3. The summed E-state index contributed by atoms with van der Waals surface area (Å²) in [7, 11) is 1.86. The average molecular weight is 220 g/mol. The first-order chi connectivity index (χ1) is 7.69. The Labute approximate surface area is 93.1 Å². The second-order valence-corrected chi connectivity index (χ2v) is 3.50. The summed E-state index contributed by atoms with van der Waals surface area (Å²) >= 11 is 0. The molecule has 0 saturated heterocycles. The normalized spacial score (nSPS) is 10.4. The fourth-order valence-electron chi connectivity index (χ4n) is 1.49. The van der Waals surface area contributed by atoms with Gasteiger partial charge in [-0.25, -0.2) is 9.37 Å². The van der Waals surface area contributed by atoms with Crippen LogP contribution in [-0.2, 0) is 13.5 Å². The lowest BCUT2D eigenvalue weighted by molar-refractivity contribution is 0.622. The molecule has 0 radical (unpaired) electrons. The van der Waals surface area contributed by atoms with Gasteiger partial charge in [-0.15, -0.1) is 0 Å². The molecule has 5 heteroatoms. The molecule has 0 aliphatic rings. The Morgan fingerprint density at radius 2 is 2.25 bits per heavy atom. The van der Waals surface area contributed by atoms with E-state index >= 15 is 0 Å². The van der Waals surface area contributed by atoms with Crippen LogP contribution in [0.25, 0.3) is 0 Å². The largest absolute Gasteiger partial charge is 0.337 e. The number of anilines is 2. The van der Waals surface area contributed by atoms with Crippen LogP contribution in [0.3, 0.4) is 0 Å². The van der Waals surface area contributed by atoms with Gasteiger partial charge in [0.15, 0.2) is 0 Å². The highest BCUT2D eigenvalue weighted by Gasteiger charge is 2.06. The highest BCUT2D eigenvalue weighted by atomic mass is 19.1. The zero-order valence-electron chi connectivity index (χ0n) is 9.24. The third-order valence-electron chi connectivity index (χ3n) is 2.23. The van der Waals surface area contributed by atoms with Crippen molar-refractivity contribution in [1.82, 2.24) is 14.8 Å². The lowest BCUT2D eigenvalue weighted by Crippen LogP contribution is -1.95. The van der Waals surface area contributed by atoms with Crippen LogP contribution in [0.2, 0.25) is 0 Å². The van der Waals surface area contributed by atoms with Crippen molar-refractivity contribution >= 4 is 11.5 Å². The lowest BCUT2D eigenvalue weighted by Gasteiger charge is -2.03. The van der Waals surface area contributed by atoms with Crippen molar-refractivity contribution in [2.24, 2.45) is 7.05 Å². The maximum absolute atomic E-state index is 12.7. The first kappa shape index (κ1) is 10.6. The van der Waals surface area contributed by atoms with Crippen molar-refractivity contribution in [1.29, 1.82) is 0 Å². The van der Waals surface area contributed by atoms with E-state index in [1.165, 1.54) is 12.3 Å². The van der Waals surface area contributed by atoms with Crippen molar-refractivity contribution in [3.05, 3.63) is 36.0 Å². The van der Waals surface area contributed by atoms with Crippen LogP contribution >= 0.6 is 0 Å². The van der Waals surface area contributed by atoms with Gasteiger partial charge in [0, 0.05) is 13.2 Å². The van der Waals surface area contributed by atoms with E-state index in [2.05, 4.69) is 15.4 Å². The van der Waals surface area contributed by atoms with Crippen molar-refractivity contribution in [2.45, 2.75) is 13.3 Å². The maximum atomic E-state index is 12.7. The number of hydrogen-bond donors (Lipinski definition) is 1. The molecule has 4 nitrogen and oxygen atoms in total. The summed E-state index contributed by atoms with van der Waals surface area (Å²) < 4.78 is 14.4. The number of aromatic nitrogens is 3. The predicted molar refractivity (Wildman–Crippen MR) is 60.1 cm³/mol. The van der Waals surface area contributed by atoms with E-state index in [-0.39, 0.29) is 5.82 Å². The summed E-state index contributed by atoms with van der Waals surface area (Å²) in [5.74, 6) is 0.275. The van der Waals surface area contributed by atoms with Crippen molar-refractivity contribution in [3.63, 3.8) is 0 Å². The molecular weight excluding hydrogens is 207 g/mol. The molecular formula is C11H13FN4. The van der Waals surface area contributed by atoms with Crippen LogP contribution in [0.15, 0.2) is 24.5 Å². The van der Waals surface area contributed by atoms with Crippen molar-refractivity contribution in [2.75, 3.05) is 5.32 Å². The van der Waals surface area contributed by atoms with E-state index in [9.17, 15) is 4.39 Å². The van der Waals surface area contributed by atoms with Gasteiger partial charge in [-0.1, -0.05) is 6.92 Å². The molecule has 0 bridgehead atoms. The molecule has 0 spiro atoms. The van der Waals surface area contributed by atoms with Gasteiger partial charge >= 0.3 is 0 Å². The first-order valence-corrected chi connectivity index (χ1v) is 5.10. The van der Waals surface area contributed by atoms with Gasteiger partial charge in [0.2, 0.25) is 0 Å². The van der Waals surface area contributed by atoms with E-state index in [0.717, 1.165) is 17.8 Å². The van der Waals surface area contributed by atoms with Gasteiger partial charge in [0.25, 0.3) is 0 Å². The van der Waals surface area contributed by atoms with Gasteiger partial charge in [-0.05, 0) is 18.6 Å². The summed E-state index contributed by atoms with van der Waals surface area (Å²) in [5.41, 5.74) is 1.87. The fraction of sp³-hybridized carbons (Fsp3) is 0.273. The Bertz CT molecular complexity index is 475. The number of hydrogen-bond acceptors (Lipinski definition) is 3. The monoisotopic (exact) mass is 220 g/mol. The smallest absolute Gasteiger partial charge is 0.141 e. The Hall–Kier alpha value is -1.91. The lowest BCUT2D eigenvalue weighted by atomic mass is 10.3. The number of halogens is 1.